The second-order valence-corrected chi connectivity index (χ2v) is 8.26. The van der Waals surface area contributed by atoms with Crippen molar-refractivity contribution in [3.63, 3.8) is 0 Å². The lowest BCUT2D eigenvalue weighted by Gasteiger charge is -2.13. The van der Waals surface area contributed by atoms with Gasteiger partial charge in [-0.25, -0.2) is 4.79 Å². The molecule has 1 saturated heterocycles. The van der Waals surface area contributed by atoms with Crippen LogP contribution >= 0.6 is 11.6 Å². The third-order valence-corrected chi connectivity index (χ3v) is 5.74. The molecule has 0 aromatic heterocycles. The number of nitrogens with zero attached hydrogens (tertiary/aromatic N) is 2. The van der Waals surface area contributed by atoms with Crippen molar-refractivity contribution in [3.8, 4) is 0 Å². The minimum Gasteiger partial charge on any atom is -0.325 e. The molecule has 162 valence electrons. The number of amides is 2. The molecule has 0 saturated carbocycles. The molecule has 0 spiro atoms. The topological polar surface area (TPSA) is 150 Å². The van der Waals surface area contributed by atoms with Crippen LogP contribution in [0.2, 0.25) is 5.02 Å². The molecule has 1 aliphatic rings. The molecule has 0 radical (unpaired) electrons. The Labute approximate surface area is 180 Å². The maximum atomic E-state index is 12.2. The molecule has 2 aromatic rings. The van der Waals surface area contributed by atoms with E-state index in [0.29, 0.717) is 10.6 Å². The summed E-state index contributed by atoms with van der Waals surface area (Å²) >= 11 is 6.04. The number of benzene rings is 2. The number of halogens is 1. The molecule has 0 atom stereocenters. The van der Waals surface area contributed by atoms with Gasteiger partial charge in [-0.3, -0.25) is 23.9 Å². The summed E-state index contributed by atoms with van der Waals surface area (Å²) < 4.78 is 29.4. The van der Waals surface area contributed by atoms with Crippen LogP contribution in [-0.4, -0.2) is 36.2 Å². The van der Waals surface area contributed by atoms with Gasteiger partial charge in [0.25, 0.3) is 27.6 Å². The number of hydroxylamine groups is 2. The number of hydrogen-bond donors (Lipinski definition) is 0. The average Bonchev–Trinajstić information content (AvgIpc) is 3.04. The number of non-ortho nitro benzene ring substituents is 1. The summed E-state index contributed by atoms with van der Waals surface area (Å²) in [5, 5.41) is 10.9. The van der Waals surface area contributed by atoms with E-state index in [4.69, 9.17) is 20.6 Å². The lowest BCUT2D eigenvalue weighted by Crippen LogP contribution is -2.32. The molecule has 13 heteroatoms. The molecule has 2 amide bonds. The molecule has 2 aromatic carbocycles. The van der Waals surface area contributed by atoms with E-state index in [1.165, 1.54) is 18.2 Å². The summed E-state index contributed by atoms with van der Waals surface area (Å²) in [6.45, 7) is -0.433. The zero-order valence-corrected chi connectivity index (χ0v) is 17.1. The van der Waals surface area contributed by atoms with Gasteiger partial charge in [-0.1, -0.05) is 17.7 Å². The smallest absolute Gasteiger partial charge is 0.325 e. The first kappa shape index (κ1) is 22.3. The van der Waals surface area contributed by atoms with Gasteiger partial charge in [0.1, 0.15) is 0 Å². The van der Waals surface area contributed by atoms with Gasteiger partial charge in [0, 0.05) is 25.0 Å². The largest absolute Gasteiger partial charge is 0.365 e. The van der Waals surface area contributed by atoms with Gasteiger partial charge in [0.05, 0.1) is 27.0 Å². The Kier molecular flexibility index (Phi) is 6.34. The average molecular weight is 469 g/mol. The van der Waals surface area contributed by atoms with Crippen LogP contribution in [0.15, 0.2) is 47.4 Å². The zero-order valence-electron chi connectivity index (χ0n) is 15.5. The fourth-order valence-corrected chi connectivity index (χ4v) is 3.73. The second kappa shape index (κ2) is 8.79. The van der Waals surface area contributed by atoms with Crippen LogP contribution in [0.25, 0.3) is 0 Å². The Bertz CT molecular complexity index is 1160. The summed E-state index contributed by atoms with van der Waals surface area (Å²) in [6, 6.07) is 7.99. The second-order valence-electron chi connectivity index (χ2n) is 6.24. The van der Waals surface area contributed by atoms with Gasteiger partial charge in [0.2, 0.25) is 0 Å². The van der Waals surface area contributed by atoms with E-state index in [-0.39, 0.29) is 34.0 Å². The van der Waals surface area contributed by atoms with Gasteiger partial charge in [-0.15, -0.1) is 5.06 Å². The normalized spacial score (nSPS) is 14.0. The Balaban J connectivity index is 1.67. The van der Waals surface area contributed by atoms with Crippen molar-refractivity contribution < 1.29 is 36.7 Å². The minimum absolute atomic E-state index is 0.0562. The highest BCUT2D eigenvalue weighted by Crippen LogP contribution is 2.23. The maximum Gasteiger partial charge on any atom is 0.365 e. The number of imide groups is 1. The third-order valence-electron chi connectivity index (χ3n) is 4.15. The molecular formula is C18H13ClN2O9S. The first-order valence-electron chi connectivity index (χ1n) is 8.59. The van der Waals surface area contributed by atoms with Crippen LogP contribution in [0.3, 0.4) is 0 Å². The Morgan fingerprint density at radius 3 is 2.26 bits per heavy atom. The predicted molar refractivity (Wildman–Crippen MR) is 103 cm³/mol. The van der Waals surface area contributed by atoms with Crippen molar-refractivity contribution in [1.29, 1.82) is 0 Å². The highest BCUT2D eigenvalue weighted by atomic mass is 35.5. The Hall–Kier alpha value is -3.35. The first-order valence-corrected chi connectivity index (χ1v) is 10.4. The minimum atomic E-state index is -4.21. The molecule has 11 nitrogen and oxygen atoms in total. The van der Waals surface area contributed by atoms with E-state index in [1.807, 2.05) is 0 Å². The molecule has 1 heterocycles. The van der Waals surface area contributed by atoms with Gasteiger partial charge in [-0.05, 0) is 29.8 Å². The van der Waals surface area contributed by atoms with Crippen LogP contribution in [0.4, 0.5) is 5.69 Å². The molecule has 0 aliphatic carbocycles. The Morgan fingerprint density at radius 2 is 1.71 bits per heavy atom. The zero-order chi connectivity index (χ0) is 22.8. The van der Waals surface area contributed by atoms with Crippen molar-refractivity contribution in [1.82, 2.24) is 5.06 Å². The molecule has 0 unspecified atom stereocenters. The summed E-state index contributed by atoms with van der Waals surface area (Å²) in [5.74, 6) is -2.31. The highest BCUT2D eigenvalue weighted by Gasteiger charge is 2.33. The van der Waals surface area contributed by atoms with Crippen molar-refractivity contribution in [3.05, 3.63) is 68.7 Å². The molecule has 0 bridgehead atoms. The van der Waals surface area contributed by atoms with E-state index in [0.717, 1.165) is 24.3 Å². The van der Waals surface area contributed by atoms with Gasteiger partial charge >= 0.3 is 5.97 Å². The van der Waals surface area contributed by atoms with Crippen molar-refractivity contribution in [2.24, 2.45) is 0 Å². The van der Waals surface area contributed by atoms with Crippen LogP contribution < -0.4 is 0 Å². The fraction of sp³-hybridized carbons (Fsp3) is 0.167. The van der Waals surface area contributed by atoms with E-state index < -0.39 is 39.4 Å². The first-order chi connectivity index (χ1) is 14.6. The van der Waals surface area contributed by atoms with Crippen LogP contribution in [-0.2, 0) is 35.3 Å². The van der Waals surface area contributed by atoms with E-state index in [9.17, 15) is 32.9 Å². The van der Waals surface area contributed by atoms with Crippen LogP contribution in [0.1, 0.15) is 28.8 Å². The van der Waals surface area contributed by atoms with Gasteiger partial charge in [0.15, 0.2) is 0 Å². The predicted octanol–water partition coefficient (Wildman–Crippen LogP) is 2.37. The lowest BCUT2D eigenvalue weighted by atomic mass is 10.1. The number of hydrogen-bond acceptors (Lipinski definition) is 9. The lowest BCUT2D eigenvalue weighted by molar-refractivity contribution is -0.384. The quantitative estimate of drug-likeness (QED) is 0.258. The number of carbonyl (C=O) groups excluding carboxylic acids is 3. The monoisotopic (exact) mass is 468 g/mol. The highest BCUT2D eigenvalue weighted by molar-refractivity contribution is 7.86. The SMILES string of the molecule is O=C(ON1C(=O)CCC1=O)c1ccc(COS(=O)(=O)c2ccc([N+](=O)[O-])cc2)cc1Cl. The molecule has 1 aliphatic heterocycles. The van der Waals surface area contributed by atoms with Crippen molar-refractivity contribution in [2.45, 2.75) is 24.3 Å². The van der Waals surface area contributed by atoms with E-state index in [1.54, 1.807) is 0 Å². The third kappa shape index (κ3) is 5.05. The molecule has 3 rings (SSSR count). The van der Waals surface area contributed by atoms with Crippen LogP contribution in [0.5, 0.6) is 0 Å². The summed E-state index contributed by atoms with van der Waals surface area (Å²) in [4.78, 5) is 49.7. The molecule has 1 fully saturated rings. The number of carbonyl (C=O) groups is 3. The van der Waals surface area contributed by atoms with E-state index in [2.05, 4.69) is 0 Å². The molecular weight excluding hydrogens is 456 g/mol. The van der Waals surface area contributed by atoms with E-state index >= 15 is 0 Å². The molecule has 0 N–H and O–H groups in total. The standard InChI is InChI=1S/C18H13ClN2O9S/c19-15-9-11(1-6-14(15)18(24)30-20-16(22)7-8-17(20)23)10-29-31(27,28)13-4-2-12(3-5-13)21(25)26/h1-6,9H,7-8,10H2. The van der Waals surface area contributed by atoms with Crippen LogP contribution in [0, 0.1) is 10.1 Å². The van der Waals surface area contributed by atoms with Crippen molar-refractivity contribution >= 4 is 45.2 Å². The number of nitro groups is 1. The molecule has 31 heavy (non-hydrogen) atoms. The number of nitro benzene ring substituents is 1. The maximum absolute atomic E-state index is 12.2. The van der Waals surface area contributed by atoms with Gasteiger partial charge < -0.3 is 4.84 Å². The number of rotatable bonds is 7. The summed E-state index contributed by atoms with van der Waals surface area (Å²) in [6.07, 6.45) is -0.112. The fourth-order valence-electron chi connectivity index (χ4n) is 2.55. The van der Waals surface area contributed by atoms with Gasteiger partial charge in [-0.2, -0.15) is 8.42 Å². The summed E-state index contributed by atoms with van der Waals surface area (Å²) in [7, 11) is -4.21. The summed E-state index contributed by atoms with van der Waals surface area (Å²) in [5.41, 5.74) is -0.123. The Morgan fingerprint density at radius 1 is 1.10 bits per heavy atom. The van der Waals surface area contributed by atoms with Crippen molar-refractivity contribution in [2.75, 3.05) is 0 Å².